The highest BCUT2D eigenvalue weighted by atomic mass is 31.2. The fraction of sp³-hybridized carbons (Fsp3) is 0.701. The lowest BCUT2D eigenvalue weighted by Crippen LogP contribution is -2.30. The lowest BCUT2D eigenvalue weighted by Gasteiger charge is -2.21. The van der Waals surface area contributed by atoms with Gasteiger partial charge in [0, 0.05) is 25.7 Å². The van der Waals surface area contributed by atoms with Gasteiger partial charge in [-0.05, 0) is 135 Å². The van der Waals surface area contributed by atoms with Crippen molar-refractivity contribution in [3.63, 3.8) is 0 Å². The first-order valence-electron chi connectivity index (χ1n) is 41.4. The molecule has 0 rings (SSSR count). The third kappa shape index (κ3) is 77.4. The van der Waals surface area contributed by atoms with Gasteiger partial charge in [-0.1, -0.05) is 309 Å². The van der Waals surface area contributed by atoms with Crippen molar-refractivity contribution >= 4 is 39.5 Å². The van der Waals surface area contributed by atoms with Crippen molar-refractivity contribution in [3.05, 3.63) is 134 Å². The summed E-state index contributed by atoms with van der Waals surface area (Å²) in [5.74, 6) is -2.31. The number of carbonyl (C=O) groups excluding carboxylic acids is 4. The molecule has 0 radical (unpaired) electrons. The highest BCUT2D eigenvalue weighted by molar-refractivity contribution is 7.47. The molecule has 3 N–H and O–H groups in total. The van der Waals surface area contributed by atoms with Crippen LogP contribution < -0.4 is 0 Å². The summed E-state index contributed by atoms with van der Waals surface area (Å²) in [6.07, 6.45) is 88.7. The molecule has 17 nitrogen and oxygen atoms in total. The van der Waals surface area contributed by atoms with Crippen molar-refractivity contribution in [2.75, 3.05) is 39.6 Å². The van der Waals surface area contributed by atoms with Crippen LogP contribution in [0.4, 0.5) is 0 Å². The van der Waals surface area contributed by atoms with Gasteiger partial charge in [-0.25, -0.2) is 9.13 Å². The molecule has 0 heterocycles. The highest BCUT2D eigenvalue weighted by Gasteiger charge is 2.30. The second-order valence-corrected chi connectivity index (χ2v) is 30.2. The maximum absolute atomic E-state index is 13.1. The molecule has 0 spiro atoms. The predicted octanol–water partition coefficient (Wildman–Crippen LogP) is 24.4. The van der Waals surface area contributed by atoms with Crippen LogP contribution in [0, 0.1) is 0 Å². The van der Waals surface area contributed by atoms with Gasteiger partial charge >= 0.3 is 39.5 Å². The van der Waals surface area contributed by atoms with Crippen LogP contribution in [-0.4, -0.2) is 96.7 Å². The Morgan fingerprint density at radius 3 is 0.858 bits per heavy atom. The van der Waals surface area contributed by atoms with Gasteiger partial charge in [0.1, 0.15) is 19.3 Å². The second kappa shape index (κ2) is 78.3. The van der Waals surface area contributed by atoms with E-state index < -0.39 is 97.5 Å². The number of hydrogen-bond acceptors (Lipinski definition) is 15. The Morgan fingerprint density at radius 2 is 0.509 bits per heavy atom. The van der Waals surface area contributed by atoms with Crippen LogP contribution in [0.3, 0.4) is 0 Å². The van der Waals surface area contributed by atoms with Gasteiger partial charge in [0.25, 0.3) is 0 Å². The van der Waals surface area contributed by atoms with E-state index in [1.165, 1.54) is 116 Å². The number of hydrogen-bond donors (Lipinski definition) is 3. The molecule has 0 aromatic rings. The minimum atomic E-state index is -5.00. The Kier molecular flexibility index (Phi) is 74.8. The first kappa shape index (κ1) is 101. The van der Waals surface area contributed by atoms with Crippen molar-refractivity contribution in [2.24, 2.45) is 0 Å². The van der Waals surface area contributed by atoms with Crippen molar-refractivity contribution in [1.29, 1.82) is 0 Å². The van der Waals surface area contributed by atoms with E-state index in [1.54, 1.807) is 0 Å². The molecule has 0 saturated heterocycles. The molecule has 5 atom stereocenters. The van der Waals surface area contributed by atoms with Crippen LogP contribution in [-0.2, 0) is 65.4 Å². The predicted molar refractivity (Wildman–Crippen MR) is 436 cm³/mol. The Morgan fingerprint density at radius 1 is 0.274 bits per heavy atom. The van der Waals surface area contributed by atoms with Gasteiger partial charge in [-0.15, -0.1) is 0 Å². The van der Waals surface area contributed by atoms with Gasteiger partial charge < -0.3 is 33.8 Å². The topological polar surface area (TPSA) is 237 Å². The van der Waals surface area contributed by atoms with Crippen LogP contribution in [0.5, 0.6) is 0 Å². The van der Waals surface area contributed by atoms with E-state index in [9.17, 15) is 43.2 Å². The fourth-order valence-electron chi connectivity index (χ4n) is 10.8. The number of phosphoric acid groups is 2. The van der Waals surface area contributed by atoms with E-state index in [4.69, 9.17) is 37.0 Å². The molecule has 2 unspecified atom stereocenters. The zero-order valence-electron chi connectivity index (χ0n) is 66.6. The van der Waals surface area contributed by atoms with Crippen LogP contribution >= 0.6 is 15.6 Å². The number of aliphatic hydroxyl groups is 1. The highest BCUT2D eigenvalue weighted by Crippen LogP contribution is 2.45. The van der Waals surface area contributed by atoms with Gasteiger partial charge in [0.15, 0.2) is 12.2 Å². The first-order chi connectivity index (χ1) is 51.7. The Labute approximate surface area is 644 Å². The molecule has 0 fully saturated rings. The van der Waals surface area contributed by atoms with Gasteiger partial charge in [-0.2, -0.15) is 0 Å². The summed E-state index contributed by atoms with van der Waals surface area (Å²) in [5, 5.41) is 10.7. The van der Waals surface area contributed by atoms with E-state index in [-0.39, 0.29) is 25.7 Å². The Hall–Kier alpha value is -4.80. The molecule has 0 aromatic carbocycles. The largest absolute Gasteiger partial charge is 0.472 e. The fourth-order valence-corrected chi connectivity index (χ4v) is 12.4. The Bertz CT molecular complexity index is 2530. The Balaban J connectivity index is 5.45. The van der Waals surface area contributed by atoms with Crippen LogP contribution in [0.15, 0.2) is 134 Å². The van der Waals surface area contributed by atoms with E-state index in [0.717, 1.165) is 135 Å². The monoisotopic (exact) mass is 1530 g/mol. The maximum Gasteiger partial charge on any atom is 0.472 e. The zero-order chi connectivity index (χ0) is 77.4. The van der Waals surface area contributed by atoms with Crippen LogP contribution in [0.25, 0.3) is 0 Å². The SMILES string of the molecule is CC/C=C\C/C=C\C/C=C\C/C=C\C/C=C\CCCCCC(=O)O[C@H](COC(=O)CCCCCCCCCCCCCCCCC)COP(=O)(O)OC[C@H](O)COP(=O)(O)OC[C@@H](COC(=O)CC/C=C\C/C=C\C/C=C\C/C=C\C/C=C\CCCCC)OC(=O)CCCCCCC/C=C\CCCCCC. The molecule has 0 aliphatic heterocycles. The van der Waals surface area contributed by atoms with Gasteiger partial charge in [0.05, 0.1) is 26.4 Å². The van der Waals surface area contributed by atoms with E-state index in [2.05, 4.69) is 149 Å². The molecular weight excluding hydrogens is 1380 g/mol. The van der Waals surface area contributed by atoms with E-state index >= 15 is 0 Å². The minimum absolute atomic E-state index is 0.0339. The summed E-state index contributed by atoms with van der Waals surface area (Å²) in [6, 6.07) is 0. The minimum Gasteiger partial charge on any atom is -0.462 e. The summed E-state index contributed by atoms with van der Waals surface area (Å²) in [4.78, 5) is 73.1. The van der Waals surface area contributed by atoms with Crippen molar-refractivity contribution in [1.82, 2.24) is 0 Å². The summed E-state index contributed by atoms with van der Waals surface area (Å²) in [7, 11) is -10.00. The second-order valence-electron chi connectivity index (χ2n) is 27.3. The van der Waals surface area contributed by atoms with Crippen molar-refractivity contribution in [2.45, 2.75) is 354 Å². The molecule has 0 aliphatic rings. The zero-order valence-corrected chi connectivity index (χ0v) is 68.4. The number of phosphoric ester groups is 2. The van der Waals surface area contributed by atoms with Crippen molar-refractivity contribution < 1.29 is 80.2 Å². The van der Waals surface area contributed by atoms with Gasteiger partial charge in [-0.3, -0.25) is 37.3 Å². The lowest BCUT2D eigenvalue weighted by molar-refractivity contribution is -0.161. The third-order valence-corrected chi connectivity index (χ3v) is 19.0. The third-order valence-electron chi connectivity index (χ3n) is 17.1. The molecule has 0 saturated carbocycles. The summed E-state index contributed by atoms with van der Waals surface area (Å²) < 4.78 is 68.6. The molecule has 19 heteroatoms. The number of ether oxygens (including phenoxy) is 4. The van der Waals surface area contributed by atoms with Crippen molar-refractivity contribution in [3.8, 4) is 0 Å². The maximum atomic E-state index is 13.1. The molecule has 0 bridgehead atoms. The lowest BCUT2D eigenvalue weighted by atomic mass is 10.0. The quantitative estimate of drug-likeness (QED) is 0.0169. The average Bonchev–Trinajstić information content (AvgIpc) is 0.901. The number of unbranched alkanes of at least 4 members (excludes halogenated alkanes) is 29. The molecule has 106 heavy (non-hydrogen) atoms. The van der Waals surface area contributed by atoms with E-state index in [0.29, 0.717) is 32.1 Å². The first-order valence-corrected chi connectivity index (χ1v) is 44.4. The van der Waals surface area contributed by atoms with Gasteiger partial charge in [0.2, 0.25) is 0 Å². The number of aliphatic hydroxyl groups excluding tert-OH is 1. The molecule has 0 amide bonds. The summed E-state index contributed by atoms with van der Waals surface area (Å²) >= 11 is 0. The standard InChI is InChI=1S/C87H148O17P2/c1-5-9-13-17-21-25-29-33-36-38-40-42-45-49-52-56-60-64-68-72-85(90)98-77-82(103-86(91)73-69-65-61-57-53-47-32-28-24-20-16-12-8-4)79-101-105(93,94)99-75-81(88)76-100-106(95,96)102-80-83(78-97-84(89)71-67-63-59-55-51-48-44-35-31-27-23-19-15-11-7-3)104-87(92)74-70-66-62-58-54-50-46-43-41-39-37-34-30-26-22-18-14-10-6-2/h10,14,21-22,25-26,28,32-34,36-37,40-43,49-50,52,54,60,64,81-83,88H,5-9,11-13,15-20,23-24,27,29-31,35,38-39,44-48,51,53,55-59,61-63,65-80H2,1-4H3,(H,93,94)(H,95,96)/b14-10-,25-21-,26-22-,32-28-,36-33-,37-34-,42-40-,43-41-,52-49-,54-50-,64-60-/t81-,82-,83-/m1/s1. The average molecular weight is 1530 g/mol. The summed E-state index contributed by atoms with van der Waals surface area (Å²) in [5.41, 5.74) is 0. The van der Waals surface area contributed by atoms with Crippen LogP contribution in [0.1, 0.15) is 336 Å². The van der Waals surface area contributed by atoms with Crippen LogP contribution in [0.2, 0.25) is 0 Å². The molecule has 0 aromatic heterocycles. The molecular formula is C87H148O17P2. The molecule has 0 aliphatic carbocycles. The van der Waals surface area contributed by atoms with E-state index in [1.807, 2.05) is 12.2 Å². The summed E-state index contributed by atoms with van der Waals surface area (Å²) in [6.45, 7) is 4.62. The number of allylic oxidation sites excluding steroid dienone is 22. The number of esters is 4. The normalized spacial score (nSPS) is 14.5. The number of rotatable bonds is 77. The molecule has 608 valence electrons. The smallest absolute Gasteiger partial charge is 0.462 e. The number of carbonyl (C=O) groups is 4.